The highest BCUT2D eigenvalue weighted by Gasteiger charge is 2.23. The zero-order chi connectivity index (χ0) is 17.7. The summed E-state index contributed by atoms with van der Waals surface area (Å²) in [5.41, 5.74) is 8.20. The van der Waals surface area contributed by atoms with E-state index < -0.39 is 12.0 Å². The van der Waals surface area contributed by atoms with Crippen LogP contribution in [0.3, 0.4) is 0 Å². The largest absolute Gasteiger partial charge is 0.381 e. The van der Waals surface area contributed by atoms with E-state index in [4.69, 9.17) is 5.73 Å². The van der Waals surface area contributed by atoms with Gasteiger partial charge in [-0.25, -0.2) is 4.39 Å². The normalized spacial score (nSPS) is 13.4. The molecule has 0 bridgehead atoms. The number of amides is 1. The van der Waals surface area contributed by atoms with Gasteiger partial charge in [-0.15, -0.1) is 0 Å². The van der Waals surface area contributed by atoms with Crippen LogP contribution in [0.1, 0.15) is 32.4 Å². The number of benzene rings is 2. The third-order valence-corrected chi connectivity index (χ3v) is 3.82. The van der Waals surface area contributed by atoms with Gasteiger partial charge < -0.3 is 16.4 Å². The predicted molar refractivity (Wildman–Crippen MR) is 96.3 cm³/mol. The number of anilines is 2. The lowest BCUT2D eigenvalue weighted by atomic mass is 9.94. The molecule has 4 nitrogen and oxygen atoms in total. The van der Waals surface area contributed by atoms with Crippen molar-refractivity contribution in [1.82, 2.24) is 0 Å². The molecule has 0 aliphatic rings. The minimum atomic E-state index is -0.427. The van der Waals surface area contributed by atoms with Crippen molar-refractivity contribution in [3.05, 3.63) is 59.9 Å². The second-order valence-electron chi connectivity index (χ2n) is 6.20. The summed E-state index contributed by atoms with van der Waals surface area (Å²) in [6.07, 6.45) is 0. The fourth-order valence-corrected chi connectivity index (χ4v) is 2.43. The predicted octanol–water partition coefficient (Wildman–Crippen LogP) is 3.92. The Morgan fingerprint density at radius 3 is 2.33 bits per heavy atom. The molecule has 128 valence electrons. The Bertz CT molecular complexity index is 688. The van der Waals surface area contributed by atoms with Crippen molar-refractivity contribution in [1.29, 1.82) is 0 Å². The number of hydrogen-bond acceptors (Lipinski definition) is 3. The standard InChI is InChI=1S/C19H24FN3O/c1-12(2)22-17-11-15(20)9-10-16(17)23-19(24)13(3)18(21)14-7-5-4-6-8-14/h4-13,18,22H,21H2,1-3H3,(H,23,24). The van der Waals surface area contributed by atoms with Crippen LogP contribution in [-0.4, -0.2) is 11.9 Å². The quantitative estimate of drug-likeness (QED) is 0.752. The van der Waals surface area contributed by atoms with Crippen LogP contribution in [0.2, 0.25) is 0 Å². The number of nitrogens with one attached hydrogen (secondary N) is 2. The molecule has 0 heterocycles. The van der Waals surface area contributed by atoms with Crippen molar-refractivity contribution in [3.8, 4) is 0 Å². The van der Waals surface area contributed by atoms with Crippen LogP contribution in [0.5, 0.6) is 0 Å². The van der Waals surface area contributed by atoms with Gasteiger partial charge in [0.15, 0.2) is 0 Å². The van der Waals surface area contributed by atoms with E-state index in [-0.39, 0.29) is 17.8 Å². The maximum absolute atomic E-state index is 13.5. The van der Waals surface area contributed by atoms with E-state index in [0.717, 1.165) is 5.56 Å². The summed E-state index contributed by atoms with van der Waals surface area (Å²) >= 11 is 0. The summed E-state index contributed by atoms with van der Waals surface area (Å²) < 4.78 is 13.5. The molecule has 0 saturated carbocycles. The smallest absolute Gasteiger partial charge is 0.229 e. The van der Waals surface area contributed by atoms with Crippen molar-refractivity contribution >= 4 is 17.3 Å². The lowest BCUT2D eigenvalue weighted by molar-refractivity contribution is -0.120. The van der Waals surface area contributed by atoms with Crippen molar-refractivity contribution in [3.63, 3.8) is 0 Å². The van der Waals surface area contributed by atoms with Gasteiger partial charge >= 0.3 is 0 Å². The summed E-state index contributed by atoms with van der Waals surface area (Å²) in [5.74, 6) is -0.987. The van der Waals surface area contributed by atoms with Gasteiger partial charge in [-0.1, -0.05) is 37.3 Å². The first-order valence-corrected chi connectivity index (χ1v) is 8.06. The molecule has 2 unspecified atom stereocenters. The topological polar surface area (TPSA) is 67.1 Å². The average molecular weight is 329 g/mol. The van der Waals surface area contributed by atoms with E-state index in [1.165, 1.54) is 12.1 Å². The highest BCUT2D eigenvalue weighted by Crippen LogP contribution is 2.26. The number of nitrogens with two attached hydrogens (primary N) is 1. The van der Waals surface area contributed by atoms with Crippen molar-refractivity contribution < 1.29 is 9.18 Å². The number of rotatable bonds is 6. The number of halogens is 1. The average Bonchev–Trinajstić information content (AvgIpc) is 2.56. The fourth-order valence-electron chi connectivity index (χ4n) is 2.43. The lowest BCUT2D eigenvalue weighted by Gasteiger charge is -2.21. The van der Waals surface area contributed by atoms with Gasteiger partial charge in [0, 0.05) is 12.1 Å². The molecule has 24 heavy (non-hydrogen) atoms. The molecular formula is C19H24FN3O. The molecule has 0 aliphatic carbocycles. The molecule has 4 N–H and O–H groups in total. The zero-order valence-electron chi connectivity index (χ0n) is 14.2. The molecule has 0 spiro atoms. The third kappa shape index (κ3) is 4.55. The van der Waals surface area contributed by atoms with Gasteiger partial charge in [0.2, 0.25) is 5.91 Å². The van der Waals surface area contributed by atoms with Gasteiger partial charge in [0.1, 0.15) is 5.82 Å². The monoisotopic (exact) mass is 329 g/mol. The second kappa shape index (κ2) is 7.93. The first-order valence-electron chi connectivity index (χ1n) is 8.06. The first-order chi connectivity index (χ1) is 11.4. The van der Waals surface area contributed by atoms with Crippen LogP contribution in [0, 0.1) is 11.7 Å². The zero-order valence-corrected chi connectivity index (χ0v) is 14.2. The van der Waals surface area contributed by atoms with E-state index in [1.807, 2.05) is 44.2 Å². The van der Waals surface area contributed by atoms with Crippen LogP contribution >= 0.6 is 0 Å². The minimum Gasteiger partial charge on any atom is -0.381 e. The fraction of sp³-hybridized carbons (Fsp3) is 0.316. The molecule has 2 aromatic rings. The van der Waals surface area contributed by atoms with Crippen LogP contribution in [0.15, 0.2) is 48.5 Å². The van der Waals surface area contributed by atoms with E-state index in [0.29, 0.717) is 11.4 Å². The summed E-state index contributed by atoms with van der Waals surface area (Å²) in [4.78, 5) is 12.5. The van der Waals surface area contributed by atoms with Crippen molar-refractivity contribution in [2.24, 2.45) is 11.7 Å². The second-order valence-corrected chi connectivity index (χ2v) is 6.20. The van der Waals surface area contributed by atoms with Gasteiger partial charge in [0.05, 0.1) is 17.3 Å². The van der Waals surface area contributed by atoms with E-state index in [1.54, 1.807) is 13.0 Å². The molecule has 0 aromatic heterocycles. The van der Waals surface area contributed by atoms with E-state index >= 15 is 0 Å². The molecule has 0 aliphatic heterocycles. The Labute approximate surface area is 142 Å². The molecule has 0 radical (unpaired) electrons. The van der Waals surface area contributed by atoms with Gasteiger partial charge in [-0.05, 0) is 37.6 Å². The lowest BCUT2D eigenvalue weighted by Crippen LogP contribution is -2.30. The highest BCUT2D eigenvalue weighted by molar-refractivity contribution is 5.96. The van der Waals surface area contributed by atoms with Crippen molar-refractivity contribution in [2.75, 3.05) is 10.6 Å². The number of carbonyl (C=O) groups excluding carboxylic acids is 1. The van der Waals surface area contributed by atoms with Crippen molar-refractivity contribution in [2.45, 2.75) is 32.9 Å². The molecule has 5 heteroatoms. The van der Waals surface area contributed by atoms with E-state index in [9.17, 15) is 9.18 Å². The van der Waals surface area contributed by atoms with Crippen LogP contribution in [0.25, 0.3) is 0 Å². The molecule has 2 atom stereocenters. The Morgan fingerprint density at radius 2 is 1.71 bits per heavy atom. The Morgan fingerprint density at radius 1 is 1.04 bits per heavy atom. The Balaban J connectivity index is 2.14. The van der Waals surface area contributed by atoms with Gasteiger partial charge in [-0.3, -0.25) is 4.79 Å². The maximum atomic E-state index is 13.5. The van der Waals surface area contributed by atoms with Crippen LogP contribution in [0.4, 0.5) is 15.8 Å². The van der Waals surface area contributed by atoms with Gasteiger partial charge in [-0.2, -0.15) is 0 Å². The molecular weight excluding hydrogens is 305 g/mol. The minimum absolute atomic E-state index is 0.117. The first kappa shape index (κ1) is 17.9. The summed E-state index contributed by atoms with van der Waals surface area (Å²) in [7, 11) is 0. The van der Waals surface area contributed by atoms with Gasteiger partial charge in [0.25, 0.3) is 0 Å². The number of carbonyl (C=O) groups is 1. The Hall–Kier alpha value is -2.40. The molecule has 2 aromatic carbocycles. The SMILES string of the molecule is CC(C)Nc1cc(F)ccc1NC(=O)C(C)C(N)c1ccccc1. The third-order valence-electron chi connectivity index (χ3n) is 3.82. The maximum Gasteiger partial charge on any atom is 0.229 e. The number of hydrogen-bond donors (Lipinski definition) is 3. The van der Waals surface area contributed by atoms with Crippen LogP contribution < -0.4 is 16.4 Å². The summed E-state index contributed by atoms with van der Waals surface area (Å²) in [5, 5.41) is 5.98. The molecule has 2 rings (SSSR count). The van der Waals surface area contributed by atoms with Crippen LogP contribution in [-0.2, 0) is 4.79 Å². The van der Waals surface area contributed by atoms with E-state index in [2.05, 4.69) is 10.6 Å². The highest BCUT2D eigenvalue weighted by atomic mass is 19.1. The summed E-state index contributed by atoms with van der Waals surface area (Å²) in [6.45, 7) is 5.68. The molecule has 1 amide bonds. The summed E-state index contributed by atoms with van der Waals surface area (Å²) in [6, 6.07) is 13.5. The molecule has 0 saturated heterocycles. The Kier molecular flexibility index (Phi) is 5.93. The molecule has 0 fully saturated rings.